The van der Waals surface area contributed by atoms with E-state index in [1.54, 1.807) is 12.1 Å². The quantitative estimate of drug-likeness (QED) is 0.701. The van der Waals surface area contributed by atoms with E-state index in [1.165, 1.54) is 6.07 Å². The summed E-state index contributed by atoms with van der Waals surface area (Å²) in [6, 6.07) is 4.37. The molecular weight excluding hydrogens is 243 g/mol. The van der Waals surface area contributed by atoms with Gasteiger partial charge in [-0.3, -0.25) is 4.79 Å². The van der Waals surface area contributed by atoms with Gasteiger partial charge < -0.3 is 4.74 Å². The van der Waals surface area contributed by atoms with Crippen molar-refractivity contribution in [3.05, 3.63) is 34.6 Å². The minimum absolute atomic E-state index is 0.0194. The van der Waals surface area contributed by atoms with Crippen molar-refractivity contribution >= 4 is 17.4 Å². The van der Waals surface area contributed by atoms with Crippen LogP contribution in [0.3, 0.4) is 0 Å². The molecule has 0 N–H and O–H groups in total. The molecule has 0 fully saturated rings. The van der Waals surface area contributed by atoms with Crippen molar-refractivity contribution in [3.63, 3.8) is 0 Å². The Morgan fingerprint density at radius 2 is 2.24 bits per heavy atom. The summed E-state index contributed by atoms with van der Waals surface area (Å²) < 4.78 is 18.5. The smallest absolute Gasteiger partial charge is 0.137 e. The number of carbonyl (C=O) groups excluding carboxylic acids is 1. The van der Waals surface area contributed by atoms with E-state index in [2.05, 4.69) is 0 Å². The first-order chi connectivity index (χ1) is 8.13. The Morgan fingerprint density at radius 3 is 2.88 bits per heavy atom. The van der Waals surface area contributed by atoms with Crippen molar-refractivity contribution in [3.8, 4) is 0 Å². The highest BCUT2D eigenvalue weighted by Gasteiger charge is 2.08. The average molecular weight is 259 g/mol. The standard InChI is InChI=1S/C13H16ClFO2/c1-2-17-7-3-4-12(16)8-10-5-6-11(14)9-13(10)15/h5-6,9H,2-4,7-8H2,1H3. The number of ketones is 1. The Kier molecular flexibility index (Phi) is 6.16. The van der Waals surface area contributed by atoms with Gasteiger partial charge in [0, 0.05) is 31.1 Å². The summed E-state index contributed by atoms with van der Waals surface area (Å²) in [6.45, 7) is 3.14. The maximum atomic E-state index is 13.4. The summed E-state index contributed by atoms with van der Waals surface area (Å²) in [4.78, 5) is 11.6. The Hall–Kier alpha value is -0.930. The first kappa shape index (κ1) is 14.1. The lowest BCUT2D eigenvalue weighted by Gasteiger charge is -2.04. The number of Topliss-reactive ketones (excluding diaryl/α,β-unsaturated/α-hetero) is 1. The number of hydrogen-bond acceptors (Lipinski definition) is 2. The second-order valence-electron chi connectivity index (χ2n) is 3.75. The van der Waals surface area contributed by atoms with Gasteiger partial charge in [0.25, 0.3) is 0 Å². The Bertz CT molecular complexity index is 380. The minimum atomic E-state index is -0.421. The fraction of sp³-hybridized carbons (Fsp3) is 0.462. The van der Waals surface area contributed by atoms with Crippen LogP contribution in [0.5, 0.6) is 0 Å². The van der Waals surface area contributed by atoms with Crippen LogP contribution >= 0.6 is 11.6 Å². The van der Waals surface area contributed by atoms with Gasteiger partial charge in [0.05, 0.1) is 0 Å². The first-order valence-electron chi connectivity index (χ1n) is 5.67. The van der Waals surface area contributed by atoms with Crippen LogP contribution in [0.1, 0.15) is 25.3 Å². The fourth-order valence-electron chi connectivity index (χ4n) is 1.48. The van der Waals surface area contributed by atoms with E-state index < -0.39 is 5.82 Å². The molecule has 0 radical (unpaired) electrons. The van der Waals surface area contributed by atoms with E-state index in [0.29, 0.717) is 36.6 Å². The second kappa shape index (κ2) is 7.41. The SMILES string of the molecule is CCOCCCC(=O)Cc1ccc(Cl)cc1F. The fourth-order valence-corrected chi connectivity index (χ4v) is 1.64. The van der Waals surface area contributed by atoms with E-state index in [1.807, 2.05) is 6.92 Å². The summed E-state index contributed by atoms with van der Waals surface area (Å²) in [5.74, 6) is -0.401. The summed E-state index contributed by atoms with van der Waals surface area (Å²) >= 11 is 5.63. The summed E-state index contributed by atoms with van der Waals surface area (Å²) in [7, 11) is 0. The van der Waals surface area contributed by atoms with E-state index in [-0.39, 0.29) is 12.2 Å². The lowest BCUT2D eigenvalue weighted by atomic mass is 10.1. The van der Waals surface area contributed by atoms with Crippen molar-refractivity contribution in [1.29, 1.82) is 0 Å². The molecule has 94 valence electrons. The van der Waals surface area contributed by atoms with E-state index in [4.69, 9.17) is 16.3 Å². The number of benzene rings is 1. The number of halogens is 2. The molecule has 1 rings (SSSR count). The van der Waals surface area contributed by atoms with Gasteiger partial charge >= 0.3 is 0 Å². The van der Waals surface area contributed by atoms with Crippen LogP contribution in [0.2, 0.25) is 5.02 Å². The van der Waals surface area contributed by atoms with Gasteiger partial charge in [-0.2, -0.15) is 0 Å². The van der Waals surface area contributed by atoms with E-state index in [9.17, 15) is 9.18 Å². The van der Waals surface area contributed by atoms with Gasteiger partial charge in [0.1, 0.15) is 11.6 Å². The van der Waals surface area contributed by atoms with Crippen LogP contribution < -0.4 is 0 Å². The number of carbonyl (C=O) groups is 1. The molecule has 1 aromatic carbocycles. The van der Waals surface area contributed by atoms with Gasteiger partial charge in [0.15, 0.2) is 0 Å². The molecule has 1 aromatic rings. The summed E-state index contributed by atoms with van der Waals surface area (Å²) in [5.41, 5.74) is 0.399. The predicted molar refractivity (Wildman–Crippen MR) is 65.8 cm³/mol. The van der Waals surface area contributed by atoms with Gasteiger partial charge in [0.2, 0.25) is 0 Å². The molecule has 0 saturated heterocycles. The van der Waals surface area contributed by atoms with E-state index >= 15 is 0 Å². The zero-order valence-corrected chi connectivity index (χ0v) is 10.6. The molecule has 0 aliphatic rings. The number of ether oxygens (including phenoxy) is 1. The van der Waals surface area contributed by atoms with Crippen LogP contribution in [-0.2, 0) is 16.0 Å². The predicted octanol–water partition coefficient (Wildman–Crippen LogP) is 3.41. The third-order valence-corrected chi connectivity index (χ3v) is 2.59. The van der Waals surface area contributed by atoms with E-state index in [0.717, 1.165) is 0 Å². The third kappa shape index (κ3) is 5.29. The molecule has 17 heavy (non-hydrogen) atoms. The van der Waals surface area contributed by atoms with Gasteiger partial charge in [-0.15, -0.1) is 0 Å². The molecule has 0 saturated carbocycles. The highest BCUT2D eigenvalue weighted by Crippen LogP contribution is 2.15. The molecule has 2 nitrogen and oxygen atoms in total. The Morgan fingerprint density at radius 1 is 1.47 bits per heavy atom. The normalized spacial score (nSPS) is 10.5. The minimum Gasteiger partial charge on any atom is -0.382 e. The Labute approximate surface area is 106 Å². The first-order valence-corrected chi connectivity index (χ1v) is 6.04. The van der Waals surface area contributed by atoms with Crippen LogP contribution in [0.4, 0.5) is 4.39 Å². The van der Waals surface area contributed by atoms with Gasteiger partial charge in [-0.05, 0) is 31.0 Å². The molecule has 0 unspecified atom stereocenters. The molecule has 0 aromatic heterocycles. The monoisotopic (exact) mass is 258 g/mol. The largest absolute Gasteiger partial charge is 0.382 e. The maximum absolute atomic E-state index is 13.4. The molecule has 0 bridgehead atoms. The zero-order chi connectivity index (χ0) is 12.7. The van der Waals surface area contributed by atoms with Crippen molar-refractivity contribution in [2.75, 3.05) is 13.2 Å². The van der Waals surface area contributed by atoms with Crippen LogP contribution in [-0.4, -0.2) is 19.0 Å². The molecule has 0 aliphatic carbocycles. The van der Waals surface area contributed by atoms with Crippen molar-refractivity contribution in [2.24, 2.45) is 0 Å². The molecule has 0 amide bonds. The number of rotatable bonds is 7. The van der Waals surface area contributed by atoms with Gasteiger partial charge in [-0.25, -0.2) is 4.39 Å². The van der Waals surface area contributed by atoms with Crippen LogP contribution in [0.15, 0.2) is 18.2 Å². The summed E-state index contributed by atoms with van der Waals surface area (Å²) in [5, 5.41) is 0.343. The second-order valence-corrected chi connectivity index (χ2v) is 4.19. The van der Waals surface area contributed by atoms with Gasteiger partial charge in [-0.1, -0.05) is 17.7 Å². The van der Waals surface area contributed by atoms with Crippen LogP contribution in [0, 0.1) is 5.82 Å². The third-order valence-electron chi connectivity index (χ3n) is 2.35. The highest BCUT2D eigenvalue weighted by molar-refractivity contribution is 6.30. The molecule has 0 spiro atoms. The molecule has 4 heteroatoms. The van der Waals surface area contributed by atoms with Crippen molar-refractivity contribution in [2.45, 2.75) is 26.2 Å². The molecule has 0 atom stereocenters. The topological polar surface area (TPSA) is 26.3 Å². The molecule has 0 heterocycles. The van der Waals surface area contributed by atoms with Crippen molar-refractivity contribution < 1.29 is 13.9 Å². The lowest BCUT2D eigenvalue weighted by Crippen LogP contribution is -2.06. The maximum Gasteiger partial charge on any atom is 0.137 e. The average Bonchev–Trinajstić information content (AvgIpc) is 2.28. The number of hydrogen-bond donors (Lipinski definition) is 0. The molecular formula is C13H16ClFO2. The van der Waals surface area contributed by atoms with Crippen LogP contribution in [0.25, 0.3) is 0 Å². The summed E-state index contributed by atoms with van der Waals surface area (Å²) in [6.07, 6.45) is 1.22. The highest BCUT2D eigenvalue weighted by atomic mass is 35.5. The zero-order valence-electron chi connectivity index (χ0n) is 9.84. The molecule has 0 aliphatic heterocycles. The lowest BCUT2D eigenvalue weighted by molar-refractivity contribution is -0.118. The van der Waals surface area contributed by atoms with Crippen molar-refractivity contribution in [1.82, 2.24) is 0 Å². The Balaban J connectivity index is 2.40.